The van der Waals surface area contributed by atoms with Gasteiger partial charge in [-0.25, -0.2) is 14.6 Å². The maximum Gasteiger partial charge on any atom is 0.328 e. The van der Waals surface area contributed by atoms with Crippen LogP contribution >= 0.6 is 11.3 Å². The van der Waals surface area contributed by atoms with E-state index in [1.807, 2.05) is 5.51 Å². The highest BCUT2D eigenvalue weighted by Crippen LogP contribution is 2.34. The van der Waals surface area contributed by atoms with Gasteiger partial charge in [-0.05, 0) is 35.9 Å². The number of fused-ring (bicyclic) bond motifs is 2. The number of carbonyl (C=O) groups is 2. The van der Waals surface area contributed by atoms with Crippen molar-refractivity contribution >= 4 is 33.5 Å². The maximum atomic E-state index is 9.55. The molecule has 0 amide bonds. The Balaban J connectivity index is 0.000000242. The second kappa shape index (κ2) is 8.77. The van der Waals surface area contributed by atoms with Crippen LogP contribution in [0.25, 0.3) is 10.2 Å². The highest BCUT2D eigenvalue weighted by molar-refractivity contribution is 7.16. The van der Waals surface area contributed by atoms with Gasteiger partial charge in [-0.1, -0.05) is 30.3 Å². The molecule has 0 radical (unpaired) electrons. The lowest BCUT2D eigenvalue weighted by Gasteiger charge is -2.32. The first-order chi connectivity index (χ1) is 13.4. The molecule has 144 valence electrons. The molecular formula is C21H20N2O4S. The minimum atomic E-state index is -1.26. The van der Waals surface area contributed by atoms with Gasteiger partial charge in [0.15, 0.2) is 0 Å². The van der Waals surface area contributed by atoms with Crippen LogP contribution in [0.15, 0.2) is 60.1 Å². The Bertz CT molecular complexity index is 1010. The summed E-state index contributed by atoms with van der Waals surface area (Å²) in [6.45, 7) is 2.14. The van der Waals surface area contributed by atoms with Gasteiger partial charge in [0.05, 0.1) is 15.7 Å². The third-order valence-electron chi connectivity index (χ3n) is 4.49. The monoisotopic (exact) mass is 396 g/mol. The molecule has 7 heteroatoms. The average molecular weight is 396 g/mol. The molecule has 0 saturated carbocycles. The molecule has 0 aliphatic carbocycles. The van der Waals surface area contributed by atoms with Gasteiger partial charge in [-0.3, -0.25) is 0 Å². The molecule has 6 nitrogen and oxygen atoms in total. The van der Waals surface area contributed by atoms with Crippen LogP contribution in [-0.2, 0) is 16.1 Å². The summed E-state index contributed by atoms with van der Waals surface area (Å²) in [4.78, 5) is 25.9. The first-order valence-corrected chi connectivity index (χ1v) is 9.55. The number of likely N-dealkylation sites (N-methyl/N-ethyl adjacent to an activating group) is 1. The van der Waals surface area contributed by atoms with E-state index in [2.05, 4.69) is 59.4 Å². The van der Waals surface area contributed by atoms with Crippen molar-refractivity contribution in [1.29, 1.82) is 0 Å². The molecule has 2 N–H and O–H groups in total. The quantitative estimate of drug-likeness (QED) is 0.658. The van der Waals surface area contributed by atoms with Crippen LogP contribution in [0.5, 0.6) is 0 Å². The molecule has 0 saturated heterocycles. The van der Waals surface area contributed by atoms with Crippen LogP contribution in [0.1, 0.15) is 22.6 Å². The highest BCUT2D eigenvalue weighted by Gasteiger charge is 2.24. The number of aromatic nitrogens is 1. The first-order valence-electron chi connectivity index (χ1n) is 8.67. The third-order valence-corrected chi connectivity index (χ3v) is 5.28. The van der Waals surface area contributed by atoms with E-state index >= 15 is 0 Å². The predicted molar refractivity (Wildman–Crippen MR) is 109 cm³/mol. The molecule has 0 bridgehead atoms. The van der Waals surface area contributed by atoms with Crippen LogP contribution in [0.2, 0.25) is 0 Å². The molecular weight excluding hydrogens is 376 g/mol. The predicted octanol–water partition coefficient (Wildman–Crippen LogP) is 3.59. The number of rotatable bonds is 3. The molecule has 28 heavy (non-hydrogen) atoms. The van der Waals surface area contributed by atoms with E-state index in [4.69, 9.17) is 10.2 Å². The SMILES string of the molecule is CN1Cc2ccccc2C(c2ccc3ncsc3c2)C1.O=C(O)/C=C\C(=O)O. The molecule has 3 aromatic rings. The zero-order valence-corrected chi connectivity index (χ0v) is 16.1. The Morgan fingerprint density at radius 3 is 2.57 bits per heavy atom. The Morgan fingerprint density at radius 1 is 1.14 bits per heavy atom. The van der Waals surface area contributed by atoms with Crippen molar-refractivity contribution in [3.63, 3.8) is 0 Å². The van der Waals surface area contributed by atoms with Crippen LogP contribution in [-0.4, -0.2) is 45.6 Å². The molecule has 1 aliphatic heterocycles. The number of hydrogen-bond donors (Lipinski definition) is 2. The topological polar surface area (TPSA) is 90.7 Å². The van der Waals surface area contributed by atoms with E-state index in [0.29, 0.717) is 18.1 Å². The van der Waals surface area contributed by atoms with Crippen LogP contribution in [0.3, 0.4) is 0 Å². The van der Waals surface area contributed by atoms with Crippen LogP contribution in [0, 0.1) is 0 Å². The van der Waals surface area contributed by atoms with Gasteiger partial charge in [-0.2, -0.15) is 0 Å². The summed E-state index contributed by atoms with van der Waals surface area (Å²) in [5.74, 6) is -2.05. The van der Waals surface area contributed by atoms with Gasteiger partial charge in [-0.15, -0.1) is 11.3 Å². The second-order valence-corrected chi connectivity index (χ2v) is 7.42. The average Bonchev–Trinajstić information content (AvgIpc) is 3.14. The molecule has 1 atom stereocenters. The molecule has 1 aromatic heterocycles. The van der Waals surface area contributed by atoms with E-state index in [1.54, 1.807) is 11.3 Å². The number of thiazole rings is 1. The van der Waals surface area contributed by atoms with Crippen molar-refractivity contribution in [3.8, 4) is 0 Å². The number of hydrogen-bond acceptors (Lipinski definition) is 5. The van der Waals surface area contributed by atoms with Crippen LogP contribution in [0.4, 0.5) is 0 Å². The zero-order chi connectivity index (χ0) is 20.1. The summed E-state index contributed by atoms with van der Waals surface area (Å²) in [5, 5.41) is 15.6. The van der Waals surface area contributed by atoms with Crippen molar-refractivity contribution in [2.75, 3.05) is 13.6 Å². The number of carboxylic acids is 2. The van der Waals surface area contributed by atoms with Crippen molar-refractivity contribution < 1.29 is 19.8 Å². The van der Waals surface area contributed by atoms with Gasteiger partial charge in [0.1, 0.15) is 0 Å². The smallest absolute Gasteiger partial charge is 0.328 e. The van der Waals surface area contributed by atoms with Gasteiger partial charge in [0.25, 0.3) is 0 Å². The lowest BCUT2D eigenvalue weighted by molar-refractivity contribution is -0.134. The van der Waals surface area contributed by atoms with Crippen molar-refractivity contribution in [2.24, 2.45) is 0 Å². The van der Waals surface area contributed by atoms with Crippen LogP contribution < -0.4 is 0 Å². The van der Waals surface area contributed by atoms with Crippen molar-refractivity contribution in [2.45, 2.75) is 12.5 Å². The largest absolute Gasteiger partial charge is 0.478 e. The summed E-state index contributed by atoms with van der Waals surface area (Å²) >= 11 is 1.72. The zero-order valence-electron chi connectivity index (χ0n) is 15.3. The number of carboxylic acid groups (broad SMARTS) is 2. The van der Waals surface area contributed by atoms with E-state index in [-0.39, 0.29) is 0 Å². The fourth-order valence-corrected chi connectivity index (χ4v) is 4.02. The fraction of sp³-hybridized carbons (Fsp3) is 0.190. The van der Waals surface area contributed by atoms with E-state index in [9.17, 15) is 9.59 Å². The Kier molecular flexibility index (Phi) is 6.18. The number of nitrogens with zero attached hydrogens (tertiary/aromatic N) is 2. The minimum Gasteiger partial charge on any atom is -0.478 e. The molecule has 0 fully saturated rings. The van der Waals surface area contributed by atoms with Gasteiger partial charge in [0, 0.05) is 31.2 Å². The van der Waals surface area contributed by atoms with E-state index < -0.39 is 11.9 Å². The van der Waals surface area contributed by atoms with E-state index in [1.165, 1.54) is 21.4 Å². The molecule has 1 unspecified atom stereocenters. The Hall–Kier alpha value is -3.03. The summed E-state index contributed by atoms with van der Waals surface area (Å²) in [6.07, 6.45) is 1.12. The molecule has 2 heterocycles. The number of aliphatic carboxylic acids is 2. The second-order valence-electron chi connectivity index (χ2n) is 6.54. The highest BCUT2D eigenvalue weighted by atomic mass is 32.1. The lowest BCUT2D eigenvalue weighted by Crippen LogP contribution is -2.30. The van der Waals surface area contributed by atoms with Gasteiger partial charge >= 0.3 is 11.9 Å². The summed E-state index contributed by atoms with van der Waals surface area (Å²) in [6, 6.07) is 15.5. The van der Waals surface area contributed by atoms with Crippen molar-refractivity contribution in [3.05, 3.63) is 76.8 Å². The van der Waals surface area contributed by atoms with Gasteiger partial charge < -0.3 is 15.1 Å². The summed E-state index contributed by atoms with van der Waals surface area (Å²) < 4.78 is 1.29. The first kappa shape index (κ1) is 19.7. The number of benzene rings is 2. The molecule has 1 aliphatic rings. The van der Waals surface area contributed by atoms with Crippen molar-refractivity contribution in [1.82, 2.24) is 9.88 Å². The van der Waals surface area contributed by atoms with E-state index in [0.717, 1.165) is 18.6 Å². The molecule has 0 spiro atoms. The molecule has 4 rings (SSSR count). The van der Waals surface area contributed by atoms with Gasteiger partial charge in [0.2, 0.25) is 0 Å². The lowest BCUT2D eigenvalue weighted by atomic mass is 9.85. The summed E-state index contributed by atoms with van der Waals surface area (Å²) in [7, 11) is 2.20. The minimum absolute atomic E-state index is 0.469. The summed E-state index contributed by atoms with van der Waals surface area (Å²) in [5.41, 5.74) is 7.37. The third kappa shape index (κ3) is 4.82. The molecule has 2 aromatic carbocycles. The normalized spacial score (nSPS) is 16.4. The maximum absolute atomic E-state index is 9.55. The Labute approximate surface area is 166 Å². The fourth-order valence-electron chi connectivity index (χ4n) is 3.30. The standard InChI is InChI=1S/C17H16N2S.C4H4O4/c1-19-9-13-4-2-3-5-14(13)15(10-19)12-6-7-16-17(8-12)20-11-18-16;5-3(6)1-2-4(7)8/h2-8,11,15H,9-10H2,1H3;1-2H,(H,5,6)(H,7,8)/b;2-1-. The Morgan fingerprint density at radius 2 is 1.86 bits per heavy atom.